The van der Waals surface area contributed by atoms with Gasteiger partial charge in [-0.15, -0.1) is 0 Å². The molecule has 0 saturated carbocycles. The van der Waals surface area contributed by atoms with Crippen molar-refractivity contribution in [2.75, 3.05) is 51.6 Å². The Hall–Kier alpha value is -5.40. The fraction of sp³-hybridized carbons (Fsp3) is 0.318. The van der Waals surface area contributed by atoms with Crippen molar-refractivity contribution in [3.63, 3.8) is 0 Å². The van der Waals surface area contributed by atoms with Gasteiger partial charge in [0.2, 0.25) is 0 Å². The average molecular weight is 779 g/mol. The van der Waals surface area contributed by atoms with Gasteiger partial charge in [-0.3, -0.25) is 9.59 Å². The lowest BCUT2D eigenvalue weighted by Crippen LogP contribution is -2.21. The molecule has 4 aromatic carbocycles. The van der Waals surface area contributed by atoms with E-state index >= 15 is 0 Å². The topological polar surface area (TPSA) is 197 Å². The molecule has 2 aromatic heterocycles. The molecule has 10 N–H and O–H groups in total. The molecule has 56 heavy (non-hydrogen) atoms. The van der Waals surface area contributed by atoms with Crippen molar-refractivity contribution >= 4 is 53.1 Å². The van der Waals surface area contributed by atoms with Crippen molar-refractivity contribution in [2.45, 2.75) is 52.4 Å². The van der Waals surface area contributed by atoms with Crippen LogP contribution in [0.1, 0.15) is 46.0 Å². The number of primary amides is 2. The first kappa shape index (κ1) is 43.3. The normalized spacial score (nSPS) is 11.2. The van der Waals surface area contributed by atoms with Gasteiger partial charge in [-0.25, -0.2) is 0 Å². The number of amides is 2. The molecule has 0 aliphatic carbocycles. The van der Waals surface area contributed by atoms with Crippen LogP contribution < -0.4 is 22.9 Å². The molecule has 0 atom stereocenters. The van der Waals surface area contributed by atoms with E-state index in [4.69, 9.17) is 37.1 Å². The lowest BCUT2D eigenvalue weighted by Gasteiger charge is -2.13. The van der Waals surface area contributed by atoms with E-state index in [9.17, 15) is 9.59 Å². The molecule has 0 saturated heterocycles. The summed E-state index contributed by atoms with van der Waals surface area (Å²) in [6, 6.07) is 28.1. The summed E-state index contributed by atoms with van der Waals surface area (Å²) in [6.45, 7) is 14.6. The van der Waals surface area contributed by atoms with Crippen molar-refractivity contribution in [3.05, 3.63) is 107 Å². The van der Waals surface area contributed by atoms with E-state index < -0.39 is 19.9 Å². The van der Waals surface area contributed by atoms with Crippen LogP contribution in [0.15, 0.2) is 84.9 Å². The number of nitrogens with one attached hydrogen (secondary N) is 2. The third kappa shape index (κ3) is 12.0. The van der Waals surface area contributed by atoms with Crippen LogP contribution in [0.2, 0.25) is 25.7 Å². The zero-order valence-electron chi connectivity index (χ0n) is 33.6. The number of H-pyrrole nitrogens is 2. The van der Waals surface area contributed by atoms with Crippen LogP contribution in [-0.2, 0) is 27.1 Å². The molecular formula is C44H58N6O5Si. The highest BCUT2D eigenvalue weighted by Crippen LogP contribution is 2.34. The third-order valence-corrected chi connectivity index (χ3v) is 10.8. The summed E-state index contributed by atoms with van der Waals surface area (Å²) in [4.78, 5) is 30.1. The van der Waals surface area contributed by atoms with Crippen LogP contribution >= 0.6 is 0 Å². The van der Waals surface area contributed by atoms with E-state index in [0.717, 1.165) is 74.9 Å². The highest BCUT2D eigenvalue weighted by Gasteiger charge is 2.16. The number of carbonyl (C=O) groups is 2. The van der Waals surface area contributed by atoms with E-state index in [2.05, 4.69) is 41.7 Å². The summed E-state index contributed by atoms with van der Waals surface area (Å²) in [7, 11) is 0.961. The molecule has 0 aliphatic rings. The SMILES string of the molecule is CCOCCc1cc2c(-c3cccc(N)c3)ccc(C(N)=O)c2[nH]1.CCOCCc1cc2c(-c3cccc(N)c3)ccc(C(N)=O)c2[nH]1.COCC[Si](C)(C)C. The summed E-state index contributed by atoms with van der Waals surface area (Å²) >= 11 is 0. The van der Waals surface area contributed by atoms with Gasteiger partial charge >= 0.3 is 0 Å². The van der Waals surface area contributed by atoms with Gasteiger partial charge in [0.05, 0.1) is 35.4 Å². The van der Waals surface area contributed by atoms with E-state index in [1.54, 1.807) is 19.2 Å². The minimum Gasteiger partial charge on any atom is -0.399 e. The molecule has 6 rings (SSSR count). The van der Waals surface area contributed by atoms with Crippen LogP contribution in [0.5, 0.6) is 0 Å². The second-order valence-corrected chi connectivity index (χ2v) is 20.3. The number of nitrogens with two attached hydrogens (primary N) is 4. The number of methoxy groups -OCH3 is 1. The zero-order valence-corrected chi connectivity index (χ0v) is 34.6. The van der Waals surface area contributed by atoms with Gasteiger partial charge in [-0.05, 0) is 90.7 Å². The van der Waals surface area contributed by atoms with E-state index in [-0.39, 0.29) is 0 Å². The Morgan fingerprint density at radius 1 is 0.625 bits per heavy atom. The van der Waals surface area contributed by atoms with Crippen LogP contribution in [0.3, 0.4) is 0 Å². The number of nitrogen functional groups attached to an aromatic ring is 2. The smallest absolute Gasteiger partial charge is 0.250 e. The number of benzene rings is 4. The minimum absolute atomic E-state index is 0.447. The predicted molar refractivity (Wildman–Crippen MR) is 234 cm³/mol. The van der Waals surface area contributed by atoms with Gasteiger partial charge in [0, 0.05) is 81.4 Å². The van der Waals surface area contributed by atoms with Crippen LogP contribution in [0, 0.1) is 0 Å². The van der Waals surface area contributed by atoms with E-state index in [0.29, 0.717) is 48.9 Å². The summed E-state index contributed by atoms with van der Waals surface area (Å²) in [5, 5.41) is 1.92. The maximum atomic E-state index is 11.7. The second-order valence-electron chi connectivity index (χ2n) is 14.7. The standard InChI is InChI=1S/2C19H21N3O2.C6H16OSi/c2*1-2-24-9-8-14-11-17-15(12-4-3-5-13(20)10-12)6-7-16(19(21)23)18(17)22-14;1-7-5-6-8(2,3)4/h2*3-7,10-11,22H,2,8-9,20H2,1H3,(H2,21,23);5-6H2,1-4H3. The Morgan fingerprint density at radius 2 is 1.05 bits per heavy atom. The maximum absolute atomic E-state index is 11.7. The van der Waals surface area contributed by atoms with Crippen LogP contribution in [0.25, 0.3) is 44.1 Å². The maximum Gasteiger partial charge on any atom is 0.250 e. The molecule has 0 fully saturated rings. The fourth-order valence-corrected chi connectivity index (χ4v) is 7.02. The highest BCUT2D eigenvalue weighted by molar-refractivity contribution is 6.76. The molecule has 12 heteroatoms. The molecule has 0 unspecified atom stereocenters. The Kier molecular flexibility index (Phi) is 15.9. The van der Waals surface area contributed by atoms with Crippen molar-refractivity contribution in [3.8, 4) is 22.3 Å². The van der Waals surface area contributed by atoms with Crippen LogP contribution in [-0.4, -0.2) is 70.0 Å². The number of aromatic amines is 2. The lowest BCUT2D eigenvalue weighted by atomic mass is 9.98. The van der Waals surface area contributed by atoms with E-state index in [1.807, 2.05) is 74.5 Å². The molecule has 298 valence electrons. The molecule has 11 nitrogen and oxygen atoms in total. The molecule has 0 spiro atoms. The Morgan fingerprint density at radius 3 is 1.38 bits per heavy atom. The summed E-state index contributed by atoms with van der Waals surface area (Å²) in [5.41, 5.74) is 32.8. The number of fused-ring (bicyclic) bond motifs is 2. The number of carbonyl (C=O) groups excluding carboxylic acids is 2. The van der Waals surface area contributed by atoms with Gasteiger partial charge < -0.3 is 47.1 Å². The number of hydrogen-bond acceptors (Lipinski definition) is 7. The van der Waals surface area contributed by atoms with Crippen molar-refractivity contribution < 1.29 is 23.8 Å². The average Bonchev–Trinajstić information content (AvgIpc) is 3.78. The lowest BCUT2D eigenvalue weighted by molar-refractivity contribution is 0.0993. The first-order chi connectivity index (χ1) is 26.8. The van der Waals surface area contributed by atoms with Gasteiger partial charge in [0.1, 0.15) is 0 Å². The molecule has 6 aromatic rings. The van der Waals surface area contributed by atoms with Crippen molar-refractivity contribution in [1.82, 2.24) is 9.97 Å². The summed E-state index contributed by atoms with van der Waals surface area (Å²) < 4.78 is 15.8. The van der Waals surface area contributed by atoms with Gasteiger partial charge in [-0.2, -0.15) is 0 Å². The number of rotatable bonds is 15. The first-order valence-corrected chi connectivity index (χ1v) is 22.7. The number of aromatic nitrogens is 2. The molecule has 2 heterocycles. The van der Waals surface area contributed by atoms with Gasteiger partial charge in [0.25, 0.3) is 11.8 Å². The largest absolute Gasteiger partial charge is 0.399 e. The first-order valence-electron chi connectivity index (χ1n) is 19.0. The monoisotopic (exact) mass is 778 g/mol. The quantitative estimate of drug-likeness (QED) is 0.0343. The van der Waals surface area contributed by atoms with Crippen molar-refractivity contribution in [2.24, 2.45) is 11.5 Å². The Bertz CT molecular complexity index is 2070. The number of anilines is 2. The number of ether oxygens (including phenoxy) is 3. The molecular weight excluding hydrogens is 721 g/mol. The molecule has 0 aliphatic heterocycles. The van der Waals surface area contributed by atoms with Gasteiger partial charge in [-0.1, -0.05) is 56.0 Å². The van der Waals surface area contributed by atoms with Crippen LogP contribution in [0.4, 0.5) is 11.4 Å². The van der Waals surface area contributed by atoms with Crippen molar-refractivity contribution in [1.29, 1.82) is 0 Å². The fourth-order valence-electron chi connectivity index (χ4n) is 6.21. The highest BCUT2D eigenvalue weighted by atomic mass is 28.3. The van der Waals surface area contributed by atoms with Gasteiger partial charge in [0.15, 0.2) is 0 Å². The summed E-state index contributed by atoms with van der Waals surface area (Å²) in [5.74, 6) is -0.894. The Labute approximate surface area is 331 Å². The molecule has 2 amide bonds. The number of hydrogen-bond donors (Lipinski definition) is 6. The zero-order chi connectivity index (χ0) is 40.8. The molecule has 0 radical (unpaired) electrons. The minimum atomic E-state index is -0.803. The third-order valence-electron chi connectivity index (χ3n) is 9.12. The second kappa shape index (κ2) is 20.5. The van der Waals surface area contributed by atoms with E-state index in [1.165, 1.54) is 6.04 Å². The summed E-state index contributed by atoms with van der Waals surface area (Å²) in [6.07, 6.45) is 1.49. The molecule has 0 bridgehead atoms. The predicted octanol–water partition coefficient (Wildman–Crippen LogP) is 8.16. The Balaban J connectivity index is 0.000000209.